The second-order valence-corrected chi connectivity index (χ2v) is 4.68. The highest BCUT2D eigenvalue weighted by atomic mass is 15.2. The van der Waals surface area contributed by atoms with Crippen molar-refractivity contribution in [1.82, 2.24) is 9.97 Å². The van der Waals surface area contributed by atoms with Crippen molar-refractivity contribution < 1.29 is 0 Å². The second kappa shape index (κ2) is 4.24. The van der Waals surface area contributed by atoms with Gasteiger partial charge in [-0.1, -0.05) is 18.2 Å². The normalized spacial score (nSPS) is 19.1. The van der Waals surface area contributed by atoms with Gasteiger partial charge >= 0.3 is 0 Å². The molecule has 0 saturated carbocycles. The first-order valence-electron chi connectivity index (χ1n) is 6.17. The fourth-order valence-corrected chi connectivity index (χ4v) is 2.55. The highest BCUT2D eigenvalue weighted by Gasteiger charge is 2.22. The summed E-state index contributed by atoms with van der Waals surface area (Å²) < 4.78 is 0. The minimum absolute atomic E-state index is 0.579. The number of hydrogen-bond acceptors (Lipinski definition) is 2. The average molecular weight is 227 g/mol. The van der Waals surface area contributed by atoms with Gasteiger partial charge in [-0.15, -0.1) is 0 Å². The first kappa shape index (κ1) is 10.4. The predicted octanol–water partition coefficient (Wildman–Crippen LogP) is 2.75. The van der Waals surface area contributed by atoms with Crippen molar-refractivity contribution in [3.63, 3.8) is 0 Å². The molecule has 3 nitrogen and oxygen atoms in total. The molecule has 2 heterocycles. The van der Waals surface area contributed by atoms with Gasteiger partial charge in [-0.2, -0.15) is 0 Å². The minimum Gasteiger partial charge on any atom is -0.361 e. The van der Waals surface area contributed by atoms with Gasteiger partial charge in [-0.3, -0.25) is 0 Å². The van der Waals surface area contributed by atoms with Crippen molar-refractivity contribution >= 4 is 5.69 Å². The number of benzene rings is 1. The molecule has 0 unspecified atom stereocenters. The molecule has 1 N–H and O–H groups in total. The van der Waals surface area contributed by atoms with E-state index in [0.29, 0.717) is 6.04 Å². The van der Waals surface area contributed by atoms with E-state index in [1.165, 1.54) is 24.1 Å². The molecule has 88 valence electrons. The fraction of sp³-hybridized carbons (Fsp3) is 0.357. The third-order valence-corrected chi connectivity index (χ3v) is 3.54. The number of fused-ring (bicyclic) bond motifs is 1. The number of imidazole rings is 1. The Hall–Kier alpha value is -1.77. The van der Waals surface area contributed by atoms with Gasteiger partial charge in [-0.25, -0.2) is 4.98 Å². The highest BCUT2D eigenvalue weighted by molar-refractivity contribution is 5.56. The molecular weight excluding hydrogens is 210 g/mol. The summed E-state index contributed by atoms with van der Waals surface area (Å²) in [5.74, 6) is 1.04. The van der Waals surface area contributed by atoms with E-state index >= 15 is 0 Å². The van der Waals surface area contributed by atoms with Crippen LogP contribution < -0.4 is 4.90 Å². The van der Waals surface area contributed by atoms with Crippen molar-refractivity contribution in [3.05, 3.63) is 48.0 Å². The van der Waals surface area contributed by atoms with E-state index < -0.39 is 0 Å². The molecule has 3 heteroatoms. The van der Waals surface area contributed by atoms with Crippen LogP contribution >= 0.6 is 0 Å². The van der Waals surface area contributed by atoms with Crippen LogP contribution in [0.2, 0.25) is 0 Å². The SMILES string of the molecule is C[C@H]1CCc2ccccc2N1Cc1ncc[nH]1. The first-order valence-corrected chi connectivity index (χ1v) is 6.17. The molecule has 0 amide bonds. The van der Waals surface area contributed by atoms with Crippen LogP contribution in [0.4, 0.5) is 5.69 Å². The van der Waals surface area contributed by atoms with Crippen LogP contribution in [-0.4, -0.2) is 16.0 Å². The molecule has 2 aromatic rings. The molecule has 0 saturated heterocycles. The van der Waals surface area contributed by atoms with Crippen LogP contribution in [0.15, 0.2) is 36.7 Å². The van der Waals surface area contributed by atoms with E-state index in [-0.39, 0.29) is 0 Å². The maximum Gasteiger partial charge on any atom is 0.125 e. The van der Waals surface area contributed by atoms with E-state index in [0.717, 1.165) is 12.4 Å². The summed E-state index contributed by atoms with van der Waals surface area (Å²) in [7, 11) is 0. The number of anilines is 1. The number of para-hydroxylation sites is 1. The maximum atomic E-state index is 4.32. The molecule has 0 bridgehead atoms. The summed E-state index contributed by atoms with van der Waals surface area (Å²) in [6.07, 6.45) is 6.11. The third-order valence-electron chi connectivity index (χ3n) is 3.54. The summed E-state index contributed by atoms with van der Waals surface area (Å²) >= 11 is 0. The maximum absolute atomic E-state index is 4.32. The summed E-state index contributed by atoms with van der Waals surface area (Å²) in [5.41, 5.74) is 2.82. The monoisotopic (exact) mass is 227 g/mol. The lowest BCUT2D eigenvalue weighted by Gasteiger charge is -2.36. The Labute approximate surface area is 101 Å². The van der Waals surface area contributed by atoms with Gasteiger partial charge < -0.3 is 9.88 Å². The molecule has 1 aromatic carbocycles. The van der Waals surface area contributed by atoms with Crippen LogP contribution in [0.25, 0.3) is 0 Å². The van der Waals surface area contributed by atoms with Gasteiger partial charge in [0.2, 0.25) is 0 Å². The number of aryl methyl sites for hydroxylation is 1. The molecule has 0 fully saturated rings. The zero-order chi connectivity index (χ0) is 11.7. The van der Waals surface area contributed by atoms with Gasteiger partial charge in [0.15, 0.2) is 0 Å². The Morgan fingerprint density at radius 2 is 2.29 bits per heavy atom. The largest absolute Gasteiger partial charge is 0.361 e. The minimum atomic E-state index is 0.579. The molecule has 1 aromatic heterocycles. The average Bonchev–Trinajstić information content (AvgIpc) is 2.86. The van der Waals surface area contributed by atoms with Crippen molar-refractivity contribution in [2.75, 3.05) is 4.90 Å². The second-order valence-electron chi connectivity index (χ2n) is 4.68. The van der Waals surface area contributed by atoms with Gasteiger partial charge in [0.1, 0.15) is 5.82 Å². The Balaban J connectivity index is 1.92. The Morgan fingerprint density at radius 3 is 3.12 bits per heavy atom. The first-order chi connectivity index (χ1) is 8.34. The Kier molecular flexibility index (Phi) is 2.59. The molecule has 1 atom stereocenters. The number of nitrogens with one attached hydrogen (secondary N) is 1. The molecule has 0 aliphatic carbocycles. The number of H-pyrrole nitrogens is 1. The molecular formula is C14H17N3. The lowest BCUT2D eigenvalue weighted by molar-refractivity contribution is 0.553. The molecule has 3 rings (SSSR count). The van der Waals surface area contributed by atoms with Crippen molar-refractivity contribution in [2.45, 2.75) is 32.4 Å². The summed E-state index contributed by atoms with van der Waals surface area (Å²) in [4.78, 5) is 9.95. The van der Waals surface area contributed by atoms with Gasteiger partial charge in [0.05, 0.1) is 6.54 Å². The fourth-order valence-electron chi connectivity index (χ4n) is 2.55. The molecule has 0 spiro atoms. The van der Waals surface area contributed by atoms with Crippen molar-refractivity contribution in [2.24, 2.45) is 0 Å². The van der Waals surface area contributed by atoms with Crippen LogP contribution in [0.5, 0.6) is 0 Å². The number of nitrogens with zero attached hydrogens (tertiary/aromatic N) is 2. The topological polar surface area (TPSA) is 31.9 Å². The Morgan fingerprint density at radius 1 is 1.41 bits per heavy atom. The van der Waals surface area contributed by atoms with Gasteiger partial charge in [0.25, 0.3) is 0 Å². The summed E-state index contributed by atoms with van der Waals surface area (Å²) in [5, 5.41) is 0. The van der Waals surface area contributed by atoms with Gasteiger partial charge in [-0.05, 0) is 31.4 Å². The number of rotatable bonds is 2. The zero-order valence-electron chi connectivity index (χ0n) is 10.1. The van der Waals surface area contributed by atoms with E-state index in [1.54, 1.807) is 0 Å². The smallest absolute Gasteiger partial charge is 0.125 e. The molecule has 0 radical (unpaired) electrons. The molecule has 1 aliphatic rings. The lowest BCUT2D eigenvalue weighted by atomic mass is 9.97. The predicted molar refractivity (Wildman–Crippen MR) is 69.0 cm³/mol. The number of hydrogen-bond donors (Lipinski definition) is 1. The van der Waals surface area contributed by atoms with Crippen LogP contribution in [-0.2, 0) is 13.0 Å². The highest BCUT2D eigenvalue weighted by Crippen LogP contribution is 2.31. The van der Waals surface area contributed by atoms with Crippen LogP contribution in [0, 0.1) is 0 Å². The Bertz CT molecular complexity index is 490. The van der Waals surface area contributed by atoms with Crippen molar-refractivity contribution in [3.8, 4) is 0 Å². The van der Waals surface area contributed by atoms with E-state index in [2.05, 4.69) is 46.1 Å². The standard InChI is InChI=1S/C14H17N3/c1-11-6-7-12-4-2-3-5-13(12)17(11)10-14-15-8-9-16-14/h2-5,8-9,11H,6-7,10H2,1H3,(H,15,16)/t11-/m0/s1. The third kappa shape index (κ3) is 1.93. The number of aromatic amines is 1. The quantitative estimate of drug-likeness (QED) is 0.855. The zero-order valence-corrected chi connectivity index (χ0v) is 10.1. The van der Waals surface area contributed by atoms with Gasteiger partial charge in [0, 0.05) is 24.1 Å². The van der Waals surface area contributed by atoms with Crippen LogP contribution in [0.3, 0.4) is 0 Å². The number of aromatic nitrogens is 2. The van der Waals surface area contributed by atoms with Crippen molar-refractivity contribution in [1.29, 1.82) is 0 Å². The van der Waals surface area contributed by atoms with Crippen LogP contribution in [0.1, 0.15) is 24.7 Å². The summed E-state index contributed by atoms with van der Waals surface area (Å²) in [6.45, 7) is 3.16. The van der Waals surface area contributed by atoms with E-state index in [9.17, 15) is 0 Å². The lowest BCUT2D eigenvalue weighted by Crippen LogP contribution is -2.37. The molecule has 1 aliphatic heterocycles. The van der Waals surface area contributed by atoms with E-state index in [4.69, 9.17) is 0 Å². The van der Waals surface area contributed by atoms with E-state index in [1.807, 2.05) is 12.4 Å². The molecule has 17 heavy (non-hydrogen) atoms. The summed E-state index contributed by atoms with van der Waals surface area (Å²) in [6, 6.07) is 9.27.